The monoisotopic (exact) mass is 270 g/mol. The van der Waals surface area contributed by atoms with Gasteiger partial charge in [-0.25, -0.2) is 0 Å². The molecule has 0 atom stereocenters. The summed E-state index contributed by atoms with van der Waals surface area (Å²) in [5, 5.41) is 0.939. The zero-order valence-corrected chi connectivity index (χ0v) is 12.3. The second-order valence-electron chi connectivity index (χ2n) is 3.85. The maximum atomic E-state index is 5.73. The van der Waals surface area contributed by atoms with Crippen molar-refractivity contribution in [3.63, 3.8) is 0 Å². The molecular formula is C13H22O4Si. The Morgan fingerprint density at radius 3 is 2.28 bits per heavy atom. The van der Waals surface area contributed by atoms with Gasteiger partial charge in [-0.15, -0.1) is 0 Å². The Bertz CT molecular complexity index is 314. The van der Waals surface area contributed by atoms with Crippen LogP contribution in [0.4, 0.5) is 0 Å². The predicted octanol–water partition coefficient (Wildman–Crippen LogP) is 1.92. The fourth-order valence-electron chi connectivity index (χ4n) is 1.59. The topological polar surface area (TPSA) is 36.9 Å². The van der Waals surface area contributed by atoms with E-state index in [1.54, 1.807) is 14.2 Å². The number of hydrogen-bond donors (Lipinski definition) is 0. The Balaban J connectivity index is 2.58. The van der Waals surface area contributed by atoms with Crippen LogP contribution < -0.4 is 5.19 Å². The predicted molar refractivity (Wildman–Crippen MR) is 72.7 cm³/mol. The molecule has 0 unspecified atom stereocenters. The van der Waals surface area contributed by atoms with Crippen LogP contribution in [0.25, 0.3) is 0 Å². The van der Waals surface area contributed by atoms with Gasteiger partial charge in [0.25, 0.3) is 0 Å². The smallest absolute Gasteiger partial charge is 0.373 e. The van der Waals surface area contributed by atoms with Crippen molar-refractivity contribution in [1.82, 2.24) is 0 Å². The van der Waals surface area contributed by atoms with Gasteiger partial charge in [0.1, 0.15) is 6.79 Å². The van der Waals surface area contributed by atoms with Crippen LogP contribution in [0.5, 0.6) is 0 Å². The van der Waals surface area contributed by atoms with Crippen molar-refractivity contribution in [1.29, 1.82) is 0 Å². The number of benzene rings is 1. The third-order valence-corrected chi connectivity index (χ3v) is 5.25. The first-order valence-electron chi connectivity index (χ1n) is 6.16. The molecule has 5 heteroatoms. The first-order valence-corrected chi connectivity index (χ1v) is 7.89. The molecule has 0 N–H and O–H groups in total. The summed E-state index contributed by atoms with van der Waals surface area (Å²) in [5.74, 6) is 0. The third kappa shape index (κ3) is 4.19. The van der Waals surface area contributed by atoms with E-state index in [4.69, 9.17) is 18.0 Å². The molecule has 1 aromatic rings. The molecule has 0 spiro atoms. The van der Waals surface area contributed by atoms with Crippen LogP contribution in [0.2, 0.25) is 0 Å². The fraction of sp³-hybridized carbons (Fsp3) is 0.538. The molecule has 0 saturated heterocycles. The number of ether oxygens (including phenoxy) is 1. The van der Waals surface area contributed by atoms with Crippen LogP contribution in [0.3, 0.4) is 0 Å². The molecule has 0 saturated carbocycles. The van der Waals surface area contributed by atoms with Gasteiger partial charge in [-0.2, -0.15) is 0 Å². The quantitative estimate of drug-likeness (QED) is 0.390. The van der Waals surface area contributed by atoms with Crippen molar-refractivity contribution in [2.45, 2.75) is 19.8 Å². The Kier molecular flexibility index (Phi) is 7.15. The van der Waals surface area contributed by atoms with E-state index in [1.165, 1.54) is 0 Å². The largest absolute Gasteiger partial charge is 0.538 e. The zero-order chi connectivity index (χ0) is 13.3. The molecule has 4 nitrogen and oxygen atoms in total. The Morgan fingerprint density at radius 1 is 1.06 bits per heavy atom. The van der Waals surface area contributed by atoms with Crippen molar-refractivity contribution in [3.05, 3.63) is 30.3 Å². The highest BCUT2D eigenvalue weighted by atomic mass is 28.4. The lowest BCUT2D eigenvalue weighted by Crippen LogP contribution is -2.55. The lowest BCUT2D eigenvalue weighted by atomic mass is 10.4. The van der Waals surface area contributed by atoms with Crippen LogP contribution >= 0.6 is 0 Å². The summed E-state index contributed by atoms with van der Waals surface area (Å²) in [6.45, 7) is 3.02. The van der Waals surface area contributed by atoms with E-state index in [0.717, 1.165) is 18.0 Å². The Morgan fingerprint density at radius 2 is 1.72 bits per heavy atom. The van der Waals surface area contributed by atoms with Gasteiger partial charge in [-0.1, -0.05) is 43.7 Å². The highest BCUT2D eigenvalue weighted by Crippen LogP contribution is 2.08. The van der Waals surface area contributed by atoms with Gasteiger partial charge in [0.2, 0.25) is 0 Å². The number of hydrogen-bond acceptors (Lipinski definition) is 4. The van der Waals surface area contributed by atoms with E-state index < -0.39 is 8.80 Å². The van der Waals surface area contributed by atoms with Crippen molar-refractivity contribution >= 4 is 14.0 Å². The average molecular weight is 270 g/mol. The Labute approximate surface area is 110 Å². The molecule has 18 heavy (non-hydrogen) atoms. The summed E-state index contributed by atoms with van der Waals surface area (Å²) in [7, 11) is 0.407. The van der Waals surface area contributed by atoms with Gasteiger partial charge >= 0.3 is 8.80 Å². The highest BCUT2D eigenvalue weighted by Gasteiger charge is 2.41. The van der Waals surface area contributed by atoms with E-state index in [2.05, 4.69) is 6.92 Å². The van der Waals surface area contributed by atoms with Crippen LogP contribution in [-0.4, -0.2) is 36.4 Å². The summed E-state index contributed by atoms with van der Waals surface area (Å²) in [6.07, 6.45) is 2.14. The van der Waals surface area contributed by atoms with Crippen molar-refractivity contribution in [2.75, 3.05) is 27.6 Å². The SMILES string of the molecule is CCCCOCO[Si](OC)(OC)c1ccccc1. The summed E-state index contributed by atoms with van der Waals surface area (Å²) >= 11 is 0. The van der Waals surface area contributed by atoms with Crippen LogP contribution in [0, 0.1) is 0 Å². The fourth-order valence-corrected chi connectivity index (χ4v) is 3.47. The maximum absolute atomic E-state index is 5.73. The van der Waals surface area contributed by atoms with E-state index in [1.807, 2.05) is 30.3 Å². The molecule has 0 aliphatic rings. The molecule has 0 bridgehead atoms. The minimum atomic E-state index is -2.80. The molecule has 0 aromatic heterocycles. The highest BCUT2D eigenvalue weighted by molar-refractivity contribution is 6.75. The van der Waals surface area contributed by atoms with Crippen LogP contribution in [-0.2, 0) is 18.0 Å². The molecule has 0 fully saturated rings. The second-order valence-corrected chi connectivity index (χ2v) is 6.65. The van der Waals surface area contributed by atoms with Crippen molar-refractivity contribution in [3.8, 4) is 0 Å². The molecule has 102 valence electrons. The molecule has 0 aliphatic heterocycles. The van der Waals surface area contributed by atoms with Gasteiger partial charge < -0.3 is 18.0 Å². The minimum absolute atomic E-state index is 0.197. The number of unbranched alkanes of at least 4 members (excludes halogenated alkanes) is 1. The van der Waals surface area contributed by atoms with E-state index in [9.17, 15) is 0 Å². The summed E-state index contributed by atoms with van der Waals surface area (Å²) in [4.78, 5) is 0. The van der Waals surface area contributed by atoms with E-state index in [-0.39, 0.29) is 6.79 Å². The van der Waals surface area contributed by atoms with Crippen molar-refractivity contribution < 1.29 is 18.0 Å². The molecular weight excluding hydrogens is 248 g/mol. The number of rotatable bonds is 9. The van der Waals surface area contributed by atoms with Crippen LogP contribution in [0.15, 0.2) is 30.3 Å². The molecule has 1 rings (SSSR count). The second kappa shape index (κ2) is 8.39. The molecule has 0 heterocycles. The molecule has 0 amide bonds. The van der Waals surface area contributed by atoms with Crippen molar-refractivity contribution in [2.24, 2.45) is 0 Å². The van der Waals surface area contributed by atoms with Crippen LogP contribution in [0.1, 0.15) is 19.8 Å². The first-order chi connectivity index (χ1) is 8.79. The zero-order valence-electron chi connectivity index (χ0n) is 11.3. The van der Waals surface area contributed by atoms with Gasteiger partial charge in [-0.05, 0) is 6.42 Å². The van der Waals surface area contributed by atoms with Gasteiger partial charge in [-0.3, -0.25) is 0 Å². The summed E-state index contributed by atoms with van der Waals surface area (Å²) in [6, 6.07) is 9.73. The lowest BCUT2D eigenvalue weighted by Gasteiger charge is -2.26. The lowest BCUT2D eigenvalue weighted by molar-refractivity contribution is -0.0278. The average Bonchev–Trinajstić information content (AvgIpc) is 2.44. The minimum Gasteiger partial charge on any atom is -0.373 e. The standard InChI is InChI=1S/C13H22O4Si/c1-4-5-11-16-12-17-18(14-2,15-3)13-9-7-6-8-10-13/h6-10H,4-5,11-12H2,1-3H3. The van der Waals surface area contributed by atoms with E-state index in [0.29, 0.717) is 6.61 Å². The normalized spacial score (nSPS) is 11.7. The van der Waals surface area contributed by atoms with Gasteiger partial charge in [0.05, 0.1) is 0 Å². The summed E-state index contributed by atoms with van der Waals surface area (Å²) in [5.41, 5.74) is 0. The van der Waals surface area contributed by atoms with Gasteiger partial charge in [0.15, 0.2) is 0 Å². The molecule has 0 aliphatic carbocycles. The van der Waals surface area contributed by atoms with Gasteiger partial charge in [0, 0.05) is 26.0 Å². The van der Waals surface area contributed by atoms with E-state index >= 15 is 0 Å². The molecule has 0 radical (unpaired) electrons. The summed E-state index contributed by atoms with van der Waals surface area (Å²) < 4.78 is 22.1. The molecule has 1 aromatic carbocycles. The maximum Gasteiger partial charge on any atom is 0.538 e. The first kappa shape index (κ1) is 15.3. The Hall–Kier alpha value is -0.723. The third-order valence-electron chi connectivity index (χ3n) is 2.64.